The second kappa shape index (κ2) is 6.45. The van der Waals surface area contributed by atoms with E-state index in [2.05, 4.69) is 17.1 Å². The maximum atomic E-state index is 12.9. The predicted molar refractivity (Wildman–Crippen MR) is 89.4 cm³/mol. The van der Waals surface area contributed by atoms with Gasteiger partial charge in [0.15, 0.2) is 5.71 Å². The van der Waals surface area contributed by atoms with E-state index in [1.54, 1.807) is 24.3 Å². The molecule has 0 unspecified atom stereocenters. The van der Waals surface area contributed by atoms with Gasteiger partial charge < -0.3 is 4.90 Å². The number of amides is 2. The van der Waals surface area contributed by atoms with Gasteiger partial charge in [-0.1, -0.05) is 24.3 Å². The minimum absolute atomic E-state index is 0.155. The summed E-state index contributed by atoms with van der Waals surface area (Å²) in [5.74, 6) is -1.26. The van der Waals surface area contributed by atoms with Crippen LogP contribution in [0.3, 0.4) is 0 Å². The van der Waals surface area contributed by atoms with Gasteiger partial charge in [0.2, 0.25) is 0 Å². The fourth-order valence-corrected chi connectivity index (χ4v) is 2.45. The standard InChI is InChI=1S/C18H14FN3O2/c1-2-11-22-15-6-4-3-5-14(15)16(18(22)24)20-21-17(23)12-7-9-13(19)10-8-12/h2-10H,1,11H2,(H,21,23)/b20-16+. The van der Waals surface area contributed by atoms with Crippen molar-refractivity contribution < 1.29 is 14.0 Å². The van der Waals surface area contributed by atoms with Crippen LogP contribution in [0.25, 0.3) is 0 Å². The van der Waals surface area contributed by atoms with E-state index in [9.17, 15) is 14.0 Å². The Morgan fingerprint density at radius 2 is 1.92 bits per heavy atom. The van der Waals surface area contributed by atoms with E-state index in [1.807, 2.05) is 6.07 Å². The maximum Gasteiger partial charge on any atom is 0.279 e. The predicted octanol–water partition coefficient (Wildman–Crippen LogP) is 2.49. The molecule has 2 aromatic carbocycles. The van der Waals surface area contributed by atoms with Crippen molar-refractivity contribution in [1.82, 2.24) is 5.43 Å². The molecule has 0 aromatic heterocycles. The van der Waals surface area contributed by atoms with Gasteiger partial charge in [0, 0.05) is 17.7 Å². The highest BCUT2D eigenvalue weighted by Crippen LogP contribution is 2.28. The molecule has 0 fully saturated rings. The number of nitrogens with zero attached hydrogens (tertiary/aromatic N) is 2. The Morgan fingerprint density at radius 3 is 2.62 bits per heavy atom. The summed E-state index contributed by atoms with van der Waals surface area (Å²) in [5.41, 5.74) is 4.12. The van der Waals surface area contributed by atoms with Crippen LogP contribution in [0.5, 0.6) is 0 Å². The van der Waals surface area contributed by atoms with Crippen molar-refractivity contribution in [2.75, 3.05) is 11.4 Å². The number of para-hydroxylation sites is 1. The molecular weight excluding hydrogens is 309 g/mol. The van der Waals surface area contributed by atoms with Crippen molar-refractivity contribution in [3.8, 4) is 0 Å². The first-order chi connectivity index (χ1) is 11.6. The number of carbonyl (C=O) groups excluding carboxylic acids is 2. The maximum absolute atomic E-state index is 12.9. The summed E-state index contributed by atoms with van der Waals surface area (Å²) in [5, 5.41) is 3.97. The van der Waals surface area contributed by atoms with Crippen molar-refractivity contribution in [3.63, 3.8) is 0 Å². The Labute approximate surface area is 138 Å². The fraction of sp³-hybridized carbons (Fsp3) is 0.0556. The molecule has 0 radical (unpaired) electrons. The zero-order chi connectivity index (χ0) is 17.1. The molecule has 3 rings (SSSR count). The minimum atomic E-state index is -0.519. The molecule has 0 bridgehead atoms. The first-order valence-electron chi connectivity index (χ1n) is 7.27. The summed E-state index contributed by atoms with van der Waals surface area (Å²) in [6.45, 7) is 3.99. The molecule has 0 aliphatic carbocycles. The summed E-state index contributed by atoms with van der Waals surface area (Å²) in [4.78, 5) is 26.1. The number of anilines is 1. The number of rotatable bonds is 4. The van der Waals surface area contributed by atoms with Crippen LogP contribution in [0.15, 0.2) is 66.3 Å². The number of hydrogen-bond donors (Lipinski definition) is 1. The molecule has 6 heteroatoms. The summed E-state index contributed by atoms with van der Waals surface area (Å²) in [6, 6.07) is 12.2. The van der Waals surface area contributed by atoms with E-state index in [4.69, 9.17) is 0 Å². The molecule has 2 amide bonds. The number of hydrogen-bond acceptors (Lipinski definition) is 3. The van der Waals surface area contributed by atoms with Crippen LogP contribution in [0.2, 0.25) is 0 Å². The van der Waals surface area contributed by atoms with Crippen molar-refractivity contribution in [2.45, 2.75) is 0 Å². The molecule has 0 saturated heterocycles. The average molecular weight is 323 g/mol. The largest absolute Gasteiger partial charge is 0.302 e. The Kier molecular flexibility index (Phi) is 4.20. The number of hydrazone groups is 1. The average Bonchev–Trinajstić information content (AvgIpc) is 2.86. The van der Waals surface area contributed by atoms with Crippen LogP contribution < -0.4 is 10.3 Å². The third-order valence-electron chi connectivity index (χ3n) is 3.59. The van der Waals surface area contributed by atoms with Crippen LogP contribution in [0, 0.1) is 5.82 Å². The van der Waals surface area contributed by atoms with Gasteiger partial charge in [-0.3, -0.25) is 9.59 Å². The van der Waals surface area contributed by atoms with Crippen LogP contribution in [-0.2, 0) is 4.79 Å². The molecule has 1 N–H and O–H groups in total. The lowest BCUT2D eigenvalue weighted by Gasteiger charge is -2.13. The number of halogens is 1. The first-order valence-corrected chi connectivity index (χ1v) is 7.27. The van der Waals surface area contributed by atoms with Gasteiger partial charge in [0.05, 0.1) is 5.69 Å². The smallest absolute Gasteiger partial charge is 0.279 e. The van der Waals surface area contributed by atoms with Crippen LogP contribution in [-0.4, -0.2) is 24.1 Å². The highest BCUT2D eigenvalue weighted by Gasteiger charge is 2.33. The minimum Gasteiger partial charge on any atom is -0.302 e. The van der Waals surface area contributed by atoms with Gasteiger partial charge >= 0.3 is 0 Å². The number of nitrogens with one attached hydrogen (secondary N) is 1. The third-order valence-corrected chi connectivity index (χ3v) is 3.59. The van der Waals surface area contributed by atoms with Gasteiger partial charge in [-0.05, 0) is 30.3 Å². The van der Waals surface area contributed by atoms with E-state index >= 15 is 0 Å². The molecule has 0 spiro atoms. The Hall–Kier alpha value is -3.28. The van der Waals surface area contributed by atoms with E-state index in [1.165, 1.54) is 29.2 Å². The van der Waals surface area contributed by atoms with Crippen LogP contribution in [0.4, 0.5) is 10.1 Å². The molecule has 120 valence electrons. The molecular formula is C18H14FN3O2. The lowest BCUT2D eigenvalue weighted by atomic mass is 10.1. The summed E-state index contributed by atoms with van der Waals surface area (Å²) >= 11 is 0. The second-order valence-corrected chi connectivity index (χ2v) is 5.13. The molecule has 0 saturated carbocycles. The zero-order valence-corrected chi connectivity index (χ0v) is 12.7. The number of carbonyl (C=O) groups is 2. The molecule has 24 heavy (non-hydrogen) atoms. The van der Waals surface area contributed by atoms with E-state index in [-0.39, 0.29) is 17.2 Å². The monoisotopic (exact) mass is 323 g/mol. The third kappa shape index (κ3) is 2.81. The zero-order valence-electron chi connectivity index (χ0n) is 12.7. The molecule has 5 nitrogen and oxygen atoms in total. The topological polar surface area (TPSA) is 61.8 Å². The van der Waals surface area contributed by atoms with Gasteiger partial charge in [0.1, 0.15) is 5.82 Å². The molecule has 0 atom stereocenters. The van der Waals surface area contributed by atoms with E-state index in [0.717, 1.165) is 5.69 Å². The highest BCUT2D eigenvalue weighted by atomic mass is 19.1. The van der Waals surface area contributed by atoms with Crippen LogP contribution >= 0.6 is 0 Å². The quantitative estimate of drug-likeness (QED) is 0.694. The highest BCUT2D eigenvalue weighted by molar-refractivity contribution is 6.54. The summed E-state index contributed by atoms with van der Waals surface area (Å²) in [6.07, 6.45) is 1.62. The Bertz CT molecular complexity index is 844. The number of fused-ring (bicyclic) bond motifs is 1. The van der Waals surface area contributed by atoms with Crippen molar-refractivity contribution in [2.24, 2.45) is 5.10 Å². The summed E-state index contributed by atoms with van der Waals surface area (Å²) < 4.78 is 12.9. The Morgan fingerprint density at radius 1 is 1.21 bits per heavy atom. The fourth-order valence-electron chi connectivity index (χ4n) is 2.45. The van der Waals surface area contributed by atoms with Crippen molar-refractivity contribution in [1.29, 1.82) is 0 Å². The second-order valence-electron chi connectivity index (χ2n) is 5.13. The van der Waals surface area contributed by atoms with Crippen LogP contribution in [0.1, 0.15) is 15.9 Å². The van der Waals surface area contributed by atoms with Gasteiger partial charge in [-0.2, -0.15) is 5.10 Å². The lowest BCUT2D eigenvalue weighted by Crippen LogP contribution is -2.31. The lowest BCUT2D eigenvalue weighted by molar-refractivity contribution is -0.112. The summed E-state index contributed by atoms with van der Waals surface area (Å²) in [7, 11) is 0. The van der Waals surface area contributed by atoms with Crippen molar-refractivity contribution in [3.05, 3.63) is 78.1 Å². The van der Waals surface area contributed by atoms with E-state index in [0.29, 0.717) is 12.1 Å². The molecule has 1 heterocycles. The Balaban J connectivity index is 1.87. The van der Waals surface area contributed by atoms with E-state index < -0.39 is 11.7 Å². The first kappa shape index (κ1) is 15.6. The molecule has 1 aliphatic heterocycles. The van der Waals surface area contributed by atoms with Gasteiger partial charge in [-0.15, -0.1) is 6.58 Å². The number of benzene rings is 2. The van der Waals surface area contributed by atoms with Gasteiger partial charge in [-0.25, -0.2) is 9.82 Å². The molecule has 2 aromatic rings. The normalized spacial score (nSPS) is 14.6. The van der Waals surface area contributed by atoms with Gasteiger partial charge in [0.25, 0.3) is 11.8 Å². The SMILES string of the molecule is C=CCN1C(=O)/C(=N/NC(=O)c2ccc(F)cc2)c2ccccc21. The van der Waals surface area contributed by atoms with Crippen molar-refractivity contribution >= 4 is 23.2 Å². The molecule has 1 aliphatic rings.